The summed E-state index contributed by atoms with van der Waals surface area (Å²) in [5.74, 6) is -1.14. The first-order chi connectivity index (χ1) is 6.15. The molecule has 13 heavy (non-hydrogen) atoms. The minimum atomic E-state index is -0.584. The van der Waals surface area contributed by atoms with Gasteiger partial charge in [-0.15, -0.1) is 0 Å². The van der Waals surface area contributed by atoms with Crippen LogP contribution in [0.15, 0.2) is 16.6 Å². The zero-order valence-corrected chi connectivity index (χ0v) is 8.79. The van der Waals surface area contributed by atoms with Crippen molar-refractivity contribution in [2.24, 2.45) is 0 Å². The van der Waals surface area contributed by atoms with Crippen LogP contribution in [0.4, 0.5) is 14.5 Å². The van der Waals surface area contributed by atoms with Crippen LogP contribution in [0.25, 0.3) is 0 Å². The fourth-order valence-corrected chi connectivity index (χ4v) is 1.26. The van der Waals surface area contributed by atoms with Crippen molar-refractivity contribution in [1.29, 1.82) is 0 Å². The molecule has 72 valence electrons. The third-order valence-electron chi connectivity index (χ3n) is 1.58. The van der Waals surface area contributed by atoms with E-state index in [-0.39, 0.29) is 4.47 Å². The topological polar surface area (TPSA) is 12.0 Å². The van der Waals surface area contributed by atoms with E-state index in [2.05, 4.69) is 21.2 Å². The van der Waals surface area contributed by atoms with Gasteiger partial charge in [-0.05, 0) is 28.4 Å². The largest absolute Gasteiger partial charge is 0.383 e. The smallest absolute Gasteiger partial charge is 0.149 e. The lowest BCUT2D eigenvalue weighted by Gasteiger charge is -2.06. The number of hydrogen-bond acceptors (Lipinski definition) is 1. The Balaban J connectivity index is 2.88. The van der Waals surface area contributed by atoms with Crippen LogP contribution in [0.2, 0.25) is 0 Å². The third kappa shape index (κ3) is 2.66. The average molecular weight is 250 g/mol. The molecule has 0 aliphatic heterocycles. The predicted molar refractivity (Wildman–Crippen MR) is 52.8 cm³/mol. The van der Waals surface area contributed by atoms with E-state index in [1.807, 2.05) is 6.92 Å². The van der Waals surface area contributed by atoms with E-state index < -0.39 is 11.6 Å². The van der Waals surface area contributed by atoms with Gasteiger partial charge in [0.15, 0.2) is 0 Å². The van der Waals surface area contributed by atoms with E-state index in [1.165, 1.54) is 6.07 Å². The zero-order chi connectivity index (χ0) is 9.84. The number of benzene rings is 1. The van der Waals surface area contributed by atoms with E-state index in [1.54, 1.807) is 0 Å². The highest BCUT2D eigenvalue weighted by Gasteiger charge is 2.06. The van der Waals surface area contributed by atoms with E-state index in [4.69, 9.17) is 0 Å². The summed E-state index contributed by atoms with van der Waals surface area (Å²) in [6.45, 7) is 2.65. The van der Waals surface area contributed by atoms with Gasteiger partial charge in [-0.2, -0.15) is 0 Å². The number of halogens is 3. The summed E-state index contributed by atoms with van der Waals surface area (Å²) in [6, 6.07) is 2.27. The average Bonchev–Trinajstić information content (AvgIpc) is 2.09. The van der Waals surface area contributed by atoms with Gasteiger partial charge in [0.25, 0.3) is 0 Å². The lowest BCUT2D eigenvalue weighted by atomic mass is 10.3. The summed E-state index contributed by atoms with van der Waals surface area (Å²) in [4.78, 5) is 0. The predicted octanol–water partition coefficient (Wildman–Crippen LogP) is 3.55. The summed E-state index contributed by atoms with van der Waals surface area (Å²) in [7, 11) is 0. The molecule has 1 aromatic rings. The van der Waals surface area contributed by atoms with Gasteiger partial charge >= 0.3 is 0 Å². The van der Waals surface area contributed by atoms with Crippen LogP contribution in [-0.4, -0.2) is 6.54 Å². The quantitative estimate of drug-likeness (QED) is 0.809. The molecule has 0 aromatic heterocycles. The molecule has 1 nitrogen and oxygen atoms in total. The summed E-state index contributed by atoms with van der Waals surface area (Å²) >= 11 is 2.99. The molecule has 0 amide bonds. The van der Waals surface area contributed by atoms with Crippen molar-refractivity contribution >= 4 is 21.6 Å². The normalized spacial score (nSPS) is 10.2. The Morgan fingerprint density at radius 1 is 1.31 bits per heavy atom. The van der Waals surface area contributed by atoms with Gasteiger partial charge in [-0.25, -0.2) is 8.78 Å². The van der Waals surface area contributed by atoms with Gasteiger partial charge < -0.3 is 5.32 Å². The third-order valence-corrected chi connectivity index (χ3v) is 2.18. The van der Waals surface area contributed by atoms with Gasteiger partial charge in [0.1, 0.15) is 11.6 Å². The molecule has 1 N–H and O–H groups in total. The SMILES string of the molecule is CCCNc1cc(Br)c(F)cc1F. The Morgan fingerprint density at radius 3 is 2.62 bits per heavy atom. The van der Waals surface area contributed by atoms with E-state index in [0.717, 1.165) is 12.5 Å². The van der Waals surface area contributed by atoms with E-state index >= 15 is 0 Å². The van der Waals surface area contributed by atoms with Crippen molar-refractivity contribution in [2.45, 2.75) is 13.3 Å². The summed E-state index contributed by atoms with van der Waals surface area (Å²) < 4.78 is 26.1. The highest BCUT2D eigenvalue weighted by molar-refractivity contribution is 9.10. The van der Waals surface area contributed by atoms with Crippen LogP contribution in [-0.2, 0) is 0 Å². The molecule has 0 spiro atoms. The molecule has 0 aliphatic rings. The number of nitrogens with one attached hydrogen (secondary N) is 1. The molecule has 0 fully saturated rings. The van der Waals surface area contributed by atoms with Crippen LogP contribution in [0.1, 0.15) is 13.3 Å². The van der Waals surface area contributed by atoms with Crippen LogP contribution >= 0.6 is 15.9 Å². The Kier molecular flexibility index (Phi) is 3.66. The van der Waals surface area contributed by atoms with Crippen molar-refractivity contribution in [1.82, 2.24) is 0 Å². The summed E-state index contributed by atoms with van der Waals surface area (Å²) in [6.07, 6.45) is 0.897. The maximum atomic E-state index is 13.0. The van der Waals surface area contributed by atoms with Gasteiger partial charge in [-0.1, -0.05) is 6.92 Å². The van der Waals surface area contributed by atoms with Crippen LogP contribution in [0, 0.1) is 11.6 Å². The highest BCUT2D eigenvalue weighted by Crippen LogP contribution is 2.23. The second-order valence-corrected chi connectivity index (χ2v) is 3.53. The van der Waals surface area contributed by atoms with Crippen molar-refractivity contribution in [3.05, 3.63) is 28.2 Å². The first-order valence-corrected chi connectivity index (χ1v) is 4.83. The molecule has 4 heteroatoms. The number of hydrogen-bond donors (Lipinski definition) is 1. The van der Waals surface area contributed by atoms with Crippen molar-refractivity contribution in [3.63, 3.8) is 0 Å². The first-order valence-electron chi connectivity index (χ1n) is 4.03. The van der Waals surface area contributed by atoms with Crippen molar-refractivity contribution < 1.29 is 8.78 Å². The molecule has 0 bridgehead atoms. The highest BCUT2D eigenvalue weighted by atomic mass is 79.9. The molecular weight excluding hydrogens is 240 g/mol. The lowest BCUT2D eigenvalue weighted by molar-refractivity contribution is 0.580. The molecule has 0 radical (unpaired) electrons. The van der Waals surface area contributed by atoms with E-state index in [9.17, 15) is 8.78 Å². The van der Waals surface area contributed by atoms with Gasteiger partial charge in [-0.3, -0.25) is 0 Å². The van der Waals surface area contributed by atoms with Crippen LogP contribution < -0.4 is 5.32 Å². The fraction of sp³-hybridized carbons (Fsp3) is 0.333. The van der Waals surface area contributed by atoms with Crippen LogP contribution in [0.5, 0.6) is 0 Å². The molecule has 0 saturated heterocycles. The Morgan fingerprint density at radius 2 is 2.00 bits per heavy atom. The molecule has 1 rings (SSSR count). The van der Waals surface area contributed by atoms with E-state index in [0.29, 0.717) is 12.2 Å². The zero-order valence-electron chi connectivity index (χ0n) is 7.20. The summed E-state index contributed by atoms with van der Waals surface area (Å²) in [5.41, 5.74) is 0.329. The monoisotopic (exact) mass is 249 g/mol. The van der Waals surface area contributed by atoms with Crippen molar-refractivity contribution in [3.8, 4) is 0 Å². The molecule has 0 saturated carbocycles. The maximum Gasteiger partial charge on any atom is 0.149 e. The molecule has 1 aromatic carbocycles. The fourth-order valence-electron chi connectivity index (χ4n) is 0.918. The van der Waals surface area contributed by atoms with Crippen LogP contribution in [0.3, 0.4) is 0 Å². The Bertz CT molecular complexity index is 302. The summed E-state index contributed by atoms with van der Waals surface area (Å²) in [5, 5.41) is 2.86. The second kappa shape index (κ2) is 4.56. The first kappa shape index (κ1) is 10.4. The van der Waals surface area contributed by atoms with Gasteiger partial charge in [0, 0.05) is 12.6 Å². The Hall–Kier alpha value is -0.640. The maximum absolute atomic E-state index is 13.0. The number of rotatable bonds is 3. The lowest BCUT2D eigenvalue weighted by Crippen LogP contribution is -2.02. The standard InChI is InChI=1S/C9H10BrF2N/c1-2-3-13-9-4-6(10)7(11)5-8(9)12/h4-5,13H,2-3H2,1H3. The Labute approximate surface area is 84.3 Å². The van der Waals surface area contributed by atoms with Gasteiger partial charge in [0.2, 0.25) is 0 Å². The molecule has 0 atom stereocenters. The van der Waals surface area contributed by atoms with Gasteiger partial charge in [0.05, 0.1) is 10.2 Å². The molecule has 0 aliphatic carbocycles. The second-order valence-electron chi connectivity index (χ2n) is 2.67. The minimum Gasteiger partial charge on any atom is -0.383 e. The molecular formula is C9H10BrF2N. The minimum absolute atomic E-state index is 0.271. The number of anilines is 1. The van der Waals surface area contributed by atoms with Crippen molar-refractivity contribution in [2.75, 3.05) is 11.9 Å². The molecule has 0 heterocycles. The molecule has 0 unspecified atom stereocenters.